The van der Waals surface area contributed by atoms with Crippen molar-refractivity contribution in [2.45, 2.75) is 39.2 Å². The van der Waals surface area contributed by atoms with E-state index < -0.39 is 0 Å². The lowest BCUT2D eigenvalue weighted by atomic mass is 10.2. The number of amides is 1. The van der Waals surface area contributed by atoms with Crippen LogP contribution in [0.25, 0.3) is 0 Å². The smallest absolute Gasteiger partial charge is 0.243 e. The minimum Gasteiger partial charge on any atom is -0.348 e. The fraction of sp³-hybridized carbons (Fsp3) is 0.812. The largest absolute Gasteiger partial charge is 0.348 e. The molecule has 0 N–H and O–H groups in total. The van der Waals surface area contributed by atoms with Gasteiger partial charge < -0.3 is 9.42 Å². The van der Waals surface area contributed by atoms with Gasteiger partial charge in [0.2, 0.25) is 11.8 Å². The van der Waals surface area contributed by atoms with Gasteiger partial charge in [0.1, 0.15) is 0 Å². The molecule has 1 aromatic heterocycles. The first-order chi connectivity index (χ1) is 10.9. The fourth-order valence-electron chi connectivity index (χ4n) is 2.68. The molecule has 0 radical (unpaired) electrons. The molecule has 7 heteroatoms. The Labute approximate surface area is 138 Å². The van der Waals surface area contributed by atoms with Crippen molar-refractivity contribution < 1.29 is 9.32 Å². The zero-order valence-electron chi connectivity index (χ0n) is 14.9. The van der Waals surface area contributed by atoms with Gasteiger partial charge >= 0.3 is 0 Å². The van der Waals surface area contributed by atoms with E-state index in [1.165, 1.54) is 0 Å². The van der Waals surface area contributed by atoms with E-state index in [0.717, 1.165) is 38.4 Å². The molecule has 1 atom stereocenters. The Hall–Kier alpha value is -1.47. The molecular formula is C16H29N5O2. The Kier molecular flexibility index (Phi) is 6.12. The van der Waals surface area contributed by atoms with E-state index in [1.54, 1.807) is 19.0 Å². The molecule has 130 valence electrons. The van der Waals surface area contributed by atoms with Crippen molar-refractivity contribution in [1.82, 2.24) is 24.8 Å². The lowest BCUT2D eigenvalue weighted by Gasteiger charge is -2.25. The quantitative estimate of drug-likeness (QED) is 0.815. The van der Waals surface area contributed by atoms with Crippen LogP contribution in [0.4, 0.5) is 0 Å². The minimum absolute atomic E-state index is 0.111. The molecule has 7 nitrogen and oxygen atoms in total. The van der Waals surface area contributed by atoms with Crippen LogP contribution in [-0.2, 0) is 4.79 Å². The van der Waals surface area contributed by atoms with Crippen molar-refractivity contribution in [2.75, 3.05) is 46.8 Å². The second-order valence-electron chi connectivity index (χ2n) is 6.78. The van der Waals surface area contributed by atoms with Crippen molar-refractivity contribution >= 4 is 5.91 Å². The second-order valence-corrected chi connectivity index (χ2v) is 6.78. The molecule has 1 saturated heterocycles. The predicted octanol–water partition coefficient (Wildman–Crippen LogP) is 1.35. The highest BCUT2D eigenvalue weighted by molar-refractivity contribution is 5.77. The third-order valence-corrected chi connectivity index (χ3v) is 4.36. The van der Waals surface area contributed by atoms with Gasteiger partial charge in [-0.3, -0.25) is 14.6 Å². The molecule has 2 rings (SSSR count). The summed E-state index contributed by atoms with van der Waals surface area (Å²) in [6.07, 6.45) is 1.04. The lowest BCUT2D eigenvalue weighted by Crippen LogP contribution is -2.39. The summed E-state index contributed by atoms with van der Waals surface area (Å²) < 4.78 is 5.43. The van der Waals surface area contributed by atoms with Gasteiger partial charge in [0.15, 0.2) is 5.82 Å². The first-order valence-corrected chi connectivity index (χ1v) is 8.38. The highest BCUT2D eigenvalue weighted by Gasteiger charge is 2.25. The monoisotopic (exact) mass is 323 g/mol. The molecule has 0 aliphatic carbocycles. The summed E-state index contributed by atoms with van der Waals surface area (Å²) in [6, 6.07) is 0.111. The van der Waals surface area contributed by atoms with E-state index in [0.29, 0.717) is 12.4 Å². The molecule has 1 fully saturated rings. The normalized spacial score (nSPS) is 18.9. The van der Waals surface area contributed by atoms with Crippen LogP contribution in [0, 0.1) is 0 Å². The molecule has 0 spiro atoms. The fourth-order valence-corrected chi connectivity index (χ4v) is 2.68. The number of hydrogen-bond acceptors (Lipinski definition) is 6. The van der Waals surface area contributed by atoms with Crippen molar-refractivity contribution in [3.05, 3.63) is 11.7 Å². The van der Waals surface area contributed by atoms with Crippen molar-refractivity contribution in [3.63, 3.8) is 0 Å². The Bertz CT molecular complexity index is 514. The van der Waals surface area contributed by atoms with E-state index in [1.807, 2.05) is 0 Å². The average molecular weight is 323 g/mol. The summed E-state index contributed by atoms with van der Waals surface area (Å²) >= 11 is 0. The summed E-state index contributed by atoms with van der Waals surface area (Å²) in [5.74, 6) is 1.88. The zero-order valence-corrected chi connectivity index (χ0v) is 14.9. The van der Waals surface area contributed by atoms with Crippen LogP contribution in [0.15, 0.2) is 4.52 Å². The van der Waals surface area contributed by atoms with E-state index in [-0.39, 0.29) is 17.9 Å². The SMILES string of the molecule is CC(C)c1noc(C(C)N2CCCN(CC(=O)N(C)C)CC2)n1. The van der Waals surface area contributed by atoms with Crippen molar-refractivity contribution in [3.8, 4) is 0 Å². The highest BCUT2D eigenvalue weighted by atomic mass is 16.5. The standard InChI is InChI=1S/C16H29N5O2/c1-12(2)15-17-16(23-18-15)13(3)21-8-6-7-20(9-10-21)11-14(22)19(4)5/h12-13H,6-11H2,1-5H3. The zero-order chi connectivity index (χ0) is 17.0. The van der Waals surface area contributed by atoms with Crippen molar-refractivity contribution in [1.29, 1.82) is 0 Å². The molecular weight excluding hydrogens is 294 g/mol. The summed E-state index contributed by atoms with van der Waals surface area (Å²) in [5.41, 5.74) is 0. The second kappa shape index (κ2) is 7.88. The molecule has 0 saturated carbocycles. The van der Waals surface area contributed by atoms with Crippen LogP contribution < -0.4 is 0 Å². The third-order valence-electron chi connectivity index (χ3n) is 4.36. The first kappa shape index (κ1) is 17.9. The number of carbonyl (C=O) groups is 1. The summed E-state index contributed by atoms with van der Waals surface area (Å²) in [5, 5.41) is 4.06. The number of carbonyl (C=O) groups excluding carboxylic acids is 1. The number of hydrogen-bond donors (Lipinski definition) is 0. The van der Waals surface area contributed by atoms with E-state index >= 15 is 0 Å². The molecule has 0 aromatic carbocycles. The predicted molar refractivity (Wildman–Crippen MR) is 88.1 cm³/mol. The average Bonchev–Trinajstić information content (AvgIpc) is 2.88. The van der Waals surface area contributed by atoms with Crippen LogP contribution in [0.2, 0.25) is 0 Å². The van der Waals surface area contributed by atoms with Crippen LogP contribution >= 0.6 is 0 Å². The van der Waals surface area contributed by atoms with Gasteiger partial charge in [-0.25, -0.2) is 0 Å². The molecule has 1 aromatic rings. The van der Waals surface area contributed by atoms with Crippen LogP contribution in [0.5, 0.6) is 0 Å². The number of rotatable bonds is 5. The topological polar surface area (TPSA) is 65.7 Å². The van der Waals surface area contributed by atoms with Gasteiger partial charge in [-0.15, -0.1) is 0 Å². The van der Waals surface area contributed by atoms with Crippen LogP contribution in [0.3, 0.4) is 0 Å². The van der Waals surface area contributed by atoms with Crippen LogP contribution in [0.1, 0.15) is 50.9 Å². The van der Waals surface area contributed by atoms with Gasteiger partial charge in [0.25, 0.3) is 0 Å². The first-order valence-electron chi connectivity index (χ1n) is 8.38. The van der Waals surface area contributed by atoms with Gasteiger partial charge in [0, 0.05) is 39.6 Å². The van der Waals surface area contributed by atoms with E-state index in [2.05, 4.69) is 40.7 Å². The van der Waals surface area contributed by atoms with Gasteiger partial charge in [-0.05, 0) is 19.9 Å². The van der Waals surface area contributed by atoms with Gasteiger partial charge in [-0.2, -0.15) is 4.98 Å². The van der Waals surface area contributed by atoms with Gasteiger partial charge in [-0.1, -0.05) is 19.0 Å². The molecule has 1 unspecified atom stereocenters. The molecule has 1 aliphatic heterocycles. The highest BCUT2D eigenvalue weighted by Crippen LogP contribution is 2.22. The Morgan fingerprint density at radius 1 is 1.22 bits per heavy atom. The number of aromatic nitrogens is 2. The lowest BCUT2D eigenvalue weighted by molar-refractivity contribution is -0.129. The molecule has 23 heavy (non-hydrogen) atoms. The van der Waals surface area contributed by atoms with Gasteiger partial charge in [0.05, 0.1) is 12.6 Å². The molecule has 1 amide bonds. The third kappa shape index (κ3) is 4.75. The molecule has 1 aliphatic rings. The maximum atomic E-state index is 11.9. The molecule has 2 heterocycles. The summed E-state index contributed by atoms with van der Waals surface area (Å²) in [6.45, 7) is 10.4. The van der Waals surface area contributed by atoms with E-state index in [4.69, 9.17) is 4.52 Å². The number of likely N-dealkylation sites (N-methyl/N-ethyl adjacent to an activating group) is 1. The minimum atomic E-state index is 0.111. The number of nitrogens with zero attached hydrogens (tertiary/aromatic N) is 5. The maximum absolute atomic E-state index is 11.9. The van der Waals surface area contributed by atoms with Crippen molar-refractivity contribution in [2.24, 2.45) is 0 Å². The molecule has 0 bridgehead atoms. The van der Waals surface area contributed by atoms with E-state index in [9.17, 15) is 4.79 Å². The maximum Gasteiger partial charge on any atom is 0.243 e. The Morgan fingerprint density at radius 2 is 1.96 bits per heavy atom. The summed E-state index contributed by atoms with van der Waals surface area (Å²) in [7, 11) is 3.60. The summed E-state index contributed by atoms with van der Waals surface area (Å²) in [4.78, 5) is 22.6. The Morgan fingerprint density at radius 3 is 2.57 bits per heavy atom. The van der Waals surface area contributed by atoms with Crippen LogP contribution in [-0.4, -0.2) is 77.6 Å². The Balaban J connectivity index is 1.92.